The molecule has 0 radical (unpaired) electrons. The van der Waals surface area contributed by atoms with Crippen LogP contribution in [-0.4, -0.2) is 59.5 Å². The Bertz CT molecular complexity index is 1390. The normalized spacial score (nSPS) is 13.6. The van der Waals surface area contributed by atoms with Gasteiger partial charge in [-0.2, -0.15) is 4.98 Å². The fourth-order valence-electron chi connectivity index (χ4n) is 4.06. The van der Waals surface area contributed by atoms with Gasteiger partial charge in [-0.1, -0.05) is 36.4 Å². The van der Waals surface area contributed by atoms with Crippen molar-refractivity contribution in [2.24, 2.45) is 0 Å². The summed E-state index contributed by atoms with van der Waals surface area (Å²) in [5.41, 5.74) is 1.10. The van der Waals surface area contributed by atoms with Crippen molar-refractivity contribution in [3.05, 3.63) is 106 Å². The lowest BCUT2D eigenvalue weighted by atomic mass is 10.1. The van der Waals surface area contributed by atoms with Crippen LogP contribution in [0.15, 0.2) is 83.8 Å². The van der Waals surface area contributed by atoms with Crippen molar-refractivity contribution in [1.29, 1.82) is 0 Å². The van der Waals surface area contributed by atoms with Gasteiger partial charge in [0.2, 0.25) is 11.7 Å². The lowest BCUT2D eigenvalue weighted by Crippen LogP contribution is -2.38. The third kappa shape index (κ3) is 6.35. The van der Waals surface area contributed by atoms with Crippen molar-refractivity contribution >= 4 is 23.8 Å². The Hall–Kier alpha value is -3.72. The summed E-state index contributed by atoms with van der Waals surface area (Å²) in [5.74, 6) is 0.230. The molecule has 0 unspecified atom stereocenters. The number of nitrogens with zero attached hydrogens (tertiary/aromatic N) is 3. The molecule has 4 aromatic rings. The molecule has 8 nitrogen and oxygen atoms in total. The number of morpholine rings is 1. The summed E-state index contributed by atoms with van der Waals surface area (Å²) < 4.78 is 18.5. The predicted octanol–water partition coefficient (Wildman–Crippen LogP) is 3.64. The van der Waals surface area contributed by atoms with Gasteiger partial charge in [-0.25, -0.2) is 0 Å². The number of hydrogen-bond donors (Lipinski definition) is 0. The third-order valence-corrected chi connectivity index (χ3v) is 6.04. The Balaban J connectivity index is 0.00000320. The molecule has 2 aromatic carbocycles. The zero-order valence-corrected chi connectivity index (χ0v) is 21.1. The molecule has 1 fully saturated rings. The van der Waals surface area contributed by atoms with Gasteiger partial charge in [0.15, 0.2) is 5.56 Å². The Morgan fingerprint density at radius 3 is 2.41 bits per heavy atom. The molecule has 1 aliphatic rings. The van der Waals surface area contributed by atoms with Crippen molar-refractivity contribution in [2.45, 2.75) is 6.61 Å². The smallest absolute Gasteiger partial charge is 0.273 e. The first-order chi connectivity index (χ1) is 17.7. The van der Waals surface area contributed by atoms with E-state index in [4.69, 9.17) is 14.2 Å². The number of rotatable bonds is 9. The predicted molar refractivity (Wildman–Crippen MR) is 142 cm³/mol. The molecule has 0 amide bonds. The van der Waals surface area contributed by atoms with E-state index in [0.717, 1.165) is 38.4 Å². The van der Waals surface area contributed by atoms with Crippen LogP contribution in [-0.2, 0) is 11.3 Å². The molecular weight excluding hydrogens is 494 g/mol. The maximum absolute atomic E-state index is 13.5. The minimum absolute atomic E-state index is 0. The molecule has 2 aromatic heterocycles. The molecule has 0 N–H and O–H groups in total. The van der Waals surface area contributed by atoms with Crippen LogP contribution in [0.1, 0.15) is 21.5 Å². The summed E-state index contributed by atoms with van der Waals surface area (Å²) in [5, 5.41) is 0. The van der Waals surface area contributed by atoms with E-state index in [1.54, 1.807) is 48.7 Å². The molecule has 37 heavy (non-hydrogen) atoms. The highest BCUT2D eigenvalue weighted by molar-refractivity contribution is 6.10. The van der Waals surface area contributed by atoms with Gasteiger partial charge < -0.3 is 14.2 Å². The monoisotopic (exact) mass is 521 g/mol. The maximum atomic E-state index is 13.5. The molecule has 9 heteroatoms. The Morgan fingerprint density at radius 1 is 0.919 bits per heavy atom. The van der Waals surface area contributed by atoms with Crippen molar-refractivity contribution in [3.8, 4) is 11.6 Å². The Kier molecular flexibility index (Phi) is 8.90. The first-order valence-electron chi connectivity index (χ1n) is 11.9. The van der Waals surface area contributed by atoms with Gasteiger partial charge in [-0.05, 0) is 42.0 Å². The summed E-state index contributed by atoms with van der Waals surface area (Å²) in [6.45, 7) is 4.84. The maximum Gasteiger partial charge on any atom is 0.273 e. The fraction of sp³-hybridized carbons (Fsp3) is 0.250. The van der Waals surface area contributed by atoms with Gasteiger partial charge in [0, 0.05) is 31.4 Å². The van der Waals surface area contributed by atoms with Gasteiger partial charge in [0.05, 0.1) is 13.2 Å². The zero-order chi connectivity index (χ0) is 24.7. The number of halogens is 1. The number of carbonyl (C=O) groups is 1. The van der Waals surface area contributed by atoms with Crippen LogP contribution in [0, 0.1) is 0 Å². The lowest BCUT2D eigenvalue weighted by Gasteiger charge is -2.26. The molecule has 3 heterocycles. The Labute approximate surface area is 220 Å². The van der Waals surface area contributed by atoms with Crippen molar-refractivity contribution in [1.82, 2.24) is 14.3 Å². The van der Waals surface area contributed by atoms with Crippen LogP contribution in [0.2, 0.25) is 0 Å². The molecule has 0 saturated carbocycles. The van der Waals surface area contributed by atoms with Crippen molar-refractivity contribution < 1.29 is 19.0 Å². The van der Waals surface area contributed by atoms with E-state index >= 15 is 0 Å². The second kappa shape index (κ2) is 12.5. The minimum Gasteiger partial charge on any atom is -0.492 e. The zero-order valence-electron chi connectivity index (χ0n) is 20.2. The average Bonchev–Trinajstić information content (AvgIpc) is 2.93. The number of ketones is 1. The van der Waals surface area contributed by atoms with Crippen molar-refractivity contribution in [2.75, 3.05) is 39.5 Å². The van der Waals surface area contributed by atoms with E-state index in [1.807, 2.05) is 30.3 Å². The topological polar surface area (TPSA) is 82.4 Å². The van der Waals surface area contributed by atoms with E-state index in [9.17, 15) is 9.59 Å². The highest BCUT2D eigenvalue weighted by Gasteiger charge is 2.23. The van der Waals surface area contributed by atoms with Gasteiger partial charge in [0.1, 0.15) is 24.6 Å². The first kappa shape index (κ1) is 26.3. The van der Waals surface area contributed by atoms with Gasteiger partial charge >= 0.3 is 0 Å². The summed E-state index contributed by atoms with van der Waals surface area (Å²) in [6.07, 6.45) is 1.59. The molecule has 5 rings (SSSR count). The lowest BCUT2D eigenvalue weighted by molar-refractivity contribution is 0.0322. The Morgan fingerprint density at radius 2 is 1.65 bits per heavy atom. The third-order valence-electron chi connectivity index (χ3n) is 6.04. The van der Waals surface area contributed by atoms with Crippen LogP contribution in [0.3, 0.4) is 0 Å². The number of carbonyl (C=O) groups excluding carboxylic acids is 1. The van der Waals surface area contributed by atoms with E-state index in [1.165, 1.54) is 4.40 Å². The summed E-state index contributed by atoms with van der Waals surface area (Å²) in [7, 11) is 0. The number of benzene rings is 2. The molecule has 192 valence electrons. The van der Waals surface area contributed by atoms with Crippen LogP contribution in [0.25, 0.3) is 5.65 Å². The second-order valence-corrected chi connectivity index (χ2v) is 8.46. The van der Waals surface area contributed by atoms with Gasteiger partial charge in [0.25, 0.3) is 5.56 Å². The quantitative estimate of drug-likeness (QED) is 0.311. The summed E-state index contributed by atoms with van der Waals surface area (Å²) in [6, 6.07) is 21.5. The number of hydrogen-bond acceptors (Lipinski definition) is 7. The highest BCUT2D eigenvalue weighted by atomic mass is 35.5. The number of ether oxygens (including phenoxy) is 3. The van der Waals surface area contributed by atoms with Crippen LogP contribution in [0.5, 0.6) is 11.6 Å². The number of fused-ring (bicyclic) bond motifs is 1. The molecule has 0 aliphatic carbocycles. The molecule has 1 aliphatic heterocycles. The molecule has 0 bridgehead atoms. The van der Waals surface area contributed by atoms with E-state index in [0.29, 0.717) is 23.6 Å². The largest absolute Gasteiger partial charge is 0.492 e. The van der Waals surface area contributed by atoms with Crippen molar-refractivity contribution in [3.63, 3.8) is 0 Å². The molecular formula is C28H28ClN3O5. The summed E-state index contributed by atoms with van der Waals surface area (Å²) in [4.78, 5) is 33.6. The van der Waals surface area contributed by atoms with E-state index < -0.39 is 11.3 Å². The van der Waals surface area contributed by atoms with E-state index in [-0.39, 0.29) is 30.5 Å². The van der Waals surface area contributed by atoms with Crippen LogP contribution >= 0.6 is 12.4 Å². The minimum atomic E-state index is -0.473. The number of pyridine rings is 1. The average molecular weight is 522 g/mol. The molecule has 1 saturated heterocycles. The first-order valence-corrected chi connectivity index (χ1v) is 11.9. The van der Waals surface area contributed by atoms with Crippen LogP contribution < -0.4 is 15.0 Å². The standard InChI is InChI=1S/C28H27N3O5.ClH/c32-26(22-9-11-23(12-10-22)35-19-16-30-14-17-34-18-15-30)25-27(36-20-21-6-2-1-3-7-21)29-24-8-4-5-13-31(24)28(25)33;/h1-13H,14-20H2;1H. The molecule has 0 spiro atoms. The second-order valence-electron chi connectivity index (χ2n) is 8.46. The SMILES string of the molecule is Cl.O=C(c1ccc(OCCN2CCOCC2)cc1)c1c(OCc2ccccc2)nc2ccccn2c1=O. The van der Waals surface area contributed by atoms with Gasteiger partial charge in [-0.3, -0.25) is 18.9 Å². The number of aromatic nitrogens is 2. The summed E-state index contributed by atoms with van der Waals surface area (Å²) >= 11 is 0. The van der Waals surface area contributed by atoms with Crippen LogP contribution in [0.4, 0.5) is 0 Å². The highest BCUT2D eigenvalue weighted by Crippen LogP contribution is 2.21. The van der Waals surface area contributed by atoms with E-state index in [2.05, 4.69) is 9.88 Å². The van der Waals surface area contributed by atoms with Gasteiger partial charge in [-0.15, -0.1) is 12.4 Å². The fourth-order valence-corrected chi connectivity index (χ4v) is 4.06. The molecule has 0 atom stereocenters.